The summed E-state index contributed by atoms with van der Waals surface area (Å²) in [5, 5.41) is 18.5. The van der Waals surface area contributed by atoms with Gasteiger partial charge in [0.2, 0.25) is 11.7 Å². The summed E-state index contributed by atoms with van der Waals surface area (Å²) >= 11 is 12.2. The van der Waals surface area contributed by atoms with Crippen LogP contribution in [0.25, 0.3) is 5.69 Å². The number of halogens is 2. The van der Waals surface area contributed by atoms with Crippen LogP contribution in [-0.2, 0) is 40.7 Å². The molecule has 1 aromatic heterocycles. The average molecular weight is 987 g/mol. The van der Waals surface area contributed by atoms with Crippen LogP contribution in [-0.4, -0.2) is 102 Å². The van der Waals surface area contributed by atoms with E-state index in [0.717, 1.165) is 27.5 Å². The molecule has 2 amide bonds. The maximum absolute atomic E-state index is 12.0. The zero-order chi connectivity index (χ0) is 49.5. The average Bonchev–Trinajstić information content (AvgIpc) is 3.59. The van der Waals surface area contributed by atoms with Crippen LogP contribution >= 0.6 is 30.8 Å². The number of rotatable bonds is 12. The van der Waals surface area contributed by atoms with Crippen molar-refractivity contribution in [3.63, 3.8) is 0 Å². The predicted octanol–water partition coefficient (Wildman–Crippen LogP) is 7.03. The number of carboxylic acids is 1. The summed E-state index contributed by atoms with van der Waals surface area (Å²) in [6.07, 6.45) is 11.8. The quantitative estimate of drug-likeness (QED) is 0.0483. The van der Waals surface area contributed by atoms with Gasteiger partial charge < -0.3 is 48.1 Å². The highest BCUT2D eigenvalue weighted by molar-refractivity contribution is 7.94. The lowest BCUT2D eigenvalue weighted by atomic mass is 9.76. The molecule has 2 atom stereocenters. The first-order chi connectivity index (χ1) is 30.0. The second kappa shape index (κ2) is 24.7. The number of aromatic nitrogens is 2. The third-order valence-corrected chi connectivity index (χ3v) is 9.64. The molecular formula is C43H58Cl2N5O13PS. The van der Waals surface area contributed by atoms with Crippen molar-refractivity contribution in [1.82, 2.24) is 20.2 Å². The SMILES string of the molecule is C#CCOc1cc(-n2nc(C(C)(C)C)oc2=O)c(Cl)cc1Cl.CON(C)C(=O)Nc1ccc(Oc2ccc3c(c2)OC(C)(OC)CC3(C)C)cc1.C[S+](C)C.O=C(O)CNCP(=O)([O-])O. The topological polar surface area (TPSA) is 236 Å². The number of benzene rings is 3. The van der Waals surface area contributed by atoms with Crippen LogP contribution in [0.4, 0.5) is 10.5 Å². The van der Waals surface area contributed by atoms with Gasteiger partial charge in [-0.2, -0.15) is 4.68 Å². The van der Waals surface area contributed by atoms with Crippen molar-refractivity contribution in [3.05, 3.63) is 86.6 Å². The Hall–Kier alpha value is -4.74. The highest BCUT2D eigenvalue weighted by Gasteiger charge is 2.42. The standard InChI is InChI=1S/C22H28N2O5.C15H14Cl2N2O3.C3H8NO5P.C3H9S/c1-21(2)14-22(3,26-5)29-19-13-17(11-12-18(19)21)28-16-9-7-15(8-10-16)23-20(25)24(4)27-6;1-5-6-21-12-8-11(9(16)7-10(12)17)19-14(20)22-13(18-19)15(2,3)4;5-3(6)1-4-2-10(7,8)9;1-4(2)3/h7-13H,14H2,1-6H3,(H,23,25);1,7-8H,6H2,2-4H3;4H,1-2H2,(H,5,6)(H2,7,8,9);1-3H3/q;;;+1/p-1. The number of aliphatic carboxylic acids is 1. The van der Waals surface area contributed by atoms with Crippen LogP contribution < -0.4 is 35.5 Å². The number of terminal acetylenes is 1. The molecule has 0 saturated heterocycles. The molecule has 4 N–H and O–H groups in total. The fraction of sp³-hybridized carbons (Fsp3) is 0.442. The molecule has 4 aromatic rings. The van der Waals surface area contributed by atoms with Gasteiger partial charge in [0.15, 0.2) is 0 Å². The molecule has 1 aliphatic heterocycles. The Balaban J connectivity index is 0.000000354. The zero-order valence-corrected chi connectivity index (χ0v) is 41.7. The number of fused-ring (bicyclic) bond motifs is 1. The minimum absolute atomic E-state index is 0.0434. The molecule has 0 bridgehead atoms. The van der Waals surface area contributed by atoms with Crippen molar-refractivity contribution in [3.8, 4) is 41.0 Å². The van der Waals surface area contributed by atoms with Gasteiger partial charge in [-0.15, -0.1) is 11.5 Å². The van der Waals surface area contributed by atoms with Crippen molar-refractivity contribution in [2.75, 3.05) is 64.8 Å². The van der Waals surface area contributed by atoms with E-state index in [2.05, 4.69) is 49.0 Å². The van der Waals surface area contributed by atoms with E-state index in [1.807, 2.05) is 51.2 Å². The molecule has 1 aliphatic rings. The van der Waals surface area contributed by atoms with Gasteiger partial charge in [-0.1, -0.05) is 69.8 Å². The van der Waals surface area contributed by atoms with E-state index in [4.69, 9.17) is 67.8 Å². The first kappa shape index (κ1) is 56.4. The molecule has 5 rings (SSSR count). The number of hydroxylamine groups is 2. The number of methoxy groups -OCH3 is 1. The summed E-state index contributed by atoms with van der Waals surface area (Å²) in [6.45, 7) is 11.5. The number of nitrogens with zero attached hydrogens (tertiary/aromatic N) is 3. The summed E-state index contributed by atoms with van der Waals surface area (Å²) < 4.78 is 39.2. The summed E-state index contributed by atoms with van der Waals surface area (Å²) in [6, 6.07) is 15.5. The van der Waals surface area contributed by atoms with Gasteiger partial charge in [0.05, 0.1) is 54.4 Å². The van der Waals surface area contributed by atoms with Gasteiger partial charge in [0.1, 0.15) is 37.2 Å². The smallest absolute Gasteiger partial charge is 0.442 e. The maximum Gasteiger partial charge on any atom is 0.442 e. The molecule has 65 heavy (non-hydrogen) atoms. The summed E-state index contributed by atoms with van der Waals surface area (Å²) in [4.78, 5) is 56.4. The lowest BCUT2D eigenvalue weighted by Crippen LogP contribution is -2.45. The van der Waals surface area contributed by atoms with Crippen LogP contribution in [0.1, 0.15) is 59.4 Å². The van der Waals surface area contributed by atoms with Gasteiger partial charge in [0.25, 0.3) is 0 Å². The molecule has 22 heteroatoms. The van der Waals surface area contributed by atoms with Crippen LogP contribution in [0, 0.1) is 12.3 Å². The lowest BCUT2D eigenvalue weighted by Gasteiger charge is -2.43. The third kappa shape index (κ3) is 18.9. The van der Waals surface area contributed by atoms with Gasteiger partial charge >= 0.3 is 17.8 Å². The fourth-order valence-electron chi connectivity index (χ4n) is 5.47. The van der Waals surface area contributed by atoms with Crippen LogP contribution in [0.5, 0.6) is 23.0 Å². The minimum Gasteiger partial charge on any atom is -0.778 e. The number of nitrogens with one attached hydrogen (secondary N) is 2. The number of urea groups is 1. The van der Waals surface area contributed by atoms with E-state index in [0.29, 0.717) is 45.4 Å². The molecule has 0 saturated carbocycles. The molecule has 3 aromatic carbocycles. The lowest BCUT2D eigenvalue weighted by molar-refractivity contribution is -0.193. The van der Waals surface area contributed by atoms with Crippen molar-refractivity contribution in [1.29, 1.82) is 0 Å². The number of carboxylic acid groups (broad SMARTS) is 1. The zero-order valence-electron chi connectivity index (χ0n) is 38.4. The van der Waals surface area contributed by atoms with Gasteiger partial charge in [-0.3, -0.25) is 14.9 Å². The van der Waals surface area contributed by atoms with Crippen LogP contribution in [0.3, 0.4) is 0 Å². The molecule has 0 radical (unpaired) electrons. The second-order valence-corrected chi connectivity index (χ2v) is 21.2. The molecule has 2 unspecified atom stereocenters. The number of carbonyl (C=O) groups is 2. The Morgan fingerprint density at radius 3 is 2.17 bits per heavy atom. The molecular weight excluding hydrogens is 928 g/mol. The van der Waals surface area contributed by atoms with Crippen molar-refractivity contribution in [2.24, 2.45) is 0 Å². The highest BCUT2D eigenvalue weighted by Crippen LogP contribution is 2.46. The van der Waals surface area contributed by atoms with E-state index < -0.39 is 43.4 Å². The molecule has 18 nitrogen and oxygen atoms in total. The fourth-order valence-corrected chi connectivity index (χ4v) is 6.38. The van der Waals surface area contributed by atoms with E-state index in [9.17, 15) is 23.8 Å². The number of ether oxygens (including phenoxy) is 4. The summed E-state index contributed by atoms with van der Waals surface area (Å²) in [5.41, 5.74) is 1.58. The maximum atomic E-state index is 12.0. The number of carbonyl (C=O) groups excluding carboxylic acids is 1. The summed E-state index contributed by atoms with van der Waals surface area (Å²) in [5.74, 6) is 2.53. The van der Waals surface area contributed by atoms with E-state index in [1.54, 1.807) is 31.4 Å². The van der Waals surface area contributed by atoms with Gasteiger partial charge in [-0.25, -0.2) is 14.7 Å². The number of hydrogen-bond donors (Lipinski definition) is 4. The van der Waals surface area contributed by atoms with Crippen LogP contribution in [0.2, 0.25) is 10.0 Å². The number of anilines is 1. The first-order valence-electron chi connectivity index (χ1n) is 19.4. The normalized spacial score (nSPS) is 15.6. The Morgan fingerprint density at radius 1 is 1.06 bits per heavy atom. The largest absolute Gasteiger partial charge is 0.778 e. The van der Waals surface area contributed by atoms with E-state index in [1.165, 1.54) is 26.3 Å². The minimum atomic E-state index is -4.35. The summed E-state index contributed by atoms with van der Waals surface area (Å²) in [7, 11) is 0.906. The third-order valence-electron chi connectivity index (χ3n) is 8.42. The molecule has 0 fully saturated rings. The molecule has 358 valence electrons. The molecule has 0 aliphatic carbocycles. The molecule has 2 heterocycles. The van der Waals surface area contributed by atoms with Crippen LogP contribution in [0.15, 0.2) is 63.8 Å². The first-order valence-corrected chi connectivity index (χ1v) is 24.4. The van der Waals surface area contributed by atoms with Gasteiger partial charge in [-0.05, 0) is 52.7 Å². The Morgan fingerprint density at radius 2 is 1.66 bits per heavy atom. The Kier molecular flexibility index (Phi) is 21.4. The highest BCUT2D eigenvalue weighted by atomic mass is 35.5. The number of hydrogen-bond acceptors (Lipinski definition) is 13. The van der Waals surface area contributed by atoms with Crippen molar-refractivity contribution in [2.45, 2.75) is 64.6 Å². The van der Waals surface area contributed by atoms with Crippen molar-refractivity contribution < 1.29 is 57.2 Å². The second-order valence-electron chi connectivity index (χ2n) is 16.3. The monoisotopic (exact) mass is 985 g/mol. The Bertz CT molecular complexity index is 2360. The molecule has 0 spiro atoms. The van der Waals surface area contributed by atoms with Crippen molar-refractivity contribution >= 4 is 59.4 Å². The predicted molar refractivity (Wildman–Crippen MR) is 251 cm³/mol. The Labute approximate surface area is 392 Å². The van der Waals surface area contributed by atoms with E-state index in [-0.39, 0.29) is 28.1 Å². The number of amides is 2. The van der Waals surface area contributed by atoms with E-state index >= 15 is 0 Å². The van der Waals surface area contributed by atoms with Gasteiger partial charge in [0, 0.05) is 56.3 Å².